The van der Waals surface area contributed by atoms with E-state index in [0.717, 1.165) is 43.9 Å². The van der Waals surface area contributed by atoms with Crippen LogP contribution in [0.5, 0.6) is 0 Å². The second-order valence-electron chi connectivity index (χ2n) is 15.6. The highest BCUT2D eigenvalue weighted by Crippen LogP contribution is 2.39. The fourth-order valence-corrected chi connectivity index (χ4v) is 7.71. The van der Waals surface area contributed by atoms with Crippen LogP contribution >= 0.6 is 0 Å². The number of β-amino-alcohol motifs (C(OH)–C–C–N with tert-alkyl or cyclic N) is 1. The summed E-state index contributed by atoms with van der Waals surface area (Å²) in [5.74, 6) is -0.363. The van der Waals surface area contributed by atoms with E-state index < -0.39 is 50.3 Å². The summed E-state index contributed by atoms with van der Waals surface area (Å²) in [4.78, 5) is 42.7. The molecule has 1 aromatic rings. The van der Waals surface area contributed by atoms with Gasteiger partial charge in [-0.25, -0.2) is 8.42 Å². The lowest BCUT2D eigenvalue weighted by Gasteiger charge is -2.47. The summed E-state index contributed by atoms with van der Waals surface area (Å²) in [6.07, 6.45) is 7.88. The normalized spacial score (nSPS) is 24.9. The number of benzene rings is 1. The number of likely N-dealkylation sites (tertiary alicyclic amines) is 1. The predicted molar refractivity (Wildman–Crippen MR) is 180 cm³/mol. The van der Waals surface area contributed by atoms with E-state index in [0.29, 0.717) is 31.2 Å². The molecule has 2 unspecified atom stereocenters. The molecule has 0 spiro atoms. The molecule has 0 aromatic heterocycles. The molecule has 258 valence electrons. The average molecular weight is 661 g/mol. The number of fused-ring (bicyclic) bond motifs is 1. The van der Waals surface area contributed by atoms with E-state index in [4.69, 9.17) is 0 Å². The molecule has 4 rings (SSSR count). The minimum absolute atomic E-state index is 0.0546. The highest BCUT2D eigenvalue weighted by Gasteiger charge is 2.47. The maximum Gasteiger partial charge on any atom is 0.244 e. The Kier molecular flexibility index (Phi) is 11.6. The van der Waals surface area contributed by atoms with Gasteiger partial charge in [0.2, 0.25) is 17.7 Å². The Labute approximate surface area is 275 Å². The molecule has 2 saturated carbocycles. The SMILES string of the molecule is CC(C)(C)NC(=O)[C@@H]1CC2CCCCC2CN1C[C@@H](O)[C@H](Cc1ccccc1)NC(=O)[C@@H](NC(=O)C1CCC1)C(C)(C)S(C)(=O)=O. The van der Waals surface area contributed by atoms with Crippen molar-refractivity contribution in [3.8, 4) is 0 Å². The van der Waals surface area contributed by atoms with Crippen molar-refractivity contribution in [2.24, 2.45) is 17.8 Å². The second-order valence-corrected chi connectivity index (χ2v) is 18.2. The van der Waals surface area contributed by atoms with Crippen LogP contribution < -0.4 is 16.0 Å². The predicted octanol–water partition coefficient (Wildman–Crippen LogP) is 2.98. The average Bonchev–Trinajstić information content (AvgIpc) is 2.93. The first-order valence-corrected chi connectivity index (χ1v) is 18.9. The summed E-state index contributed by atoms with van der Waals surface area (Å²) in [5.41, 5.74) is 0.484. The van der Waals surface area contributed by atoms with Crippen LogP contribution in [0.4, 0.5) is 0 Å². The molecule has 2 aliphatic carbocycles. The standard InChI is InChI=1S/C35H56N4O6S/c1-34(2,3)38-32(42)28-20-25-15-10-11-16-26(25)21-39(28)22-29(40)27(19-23-13-8-7-9-14-23)36-33(43)30(35(4,5)46(6,44)45)37-31(41)24-17-12-18-24/h7-9,13-14,24-30,40H,10-12,15-22H2,1-6H3,(H,36,43)(H,37,41)(H,38,42)/t25?,26?,27-,28-,29+,30+/m0/s1. The number of carbonyl (C=O) groups excluding carboxylic acids is 3. The fraction of sp³-hybridized carbons (Fsp3) is 0.743. The molecule has 6 atom stereocenters. The molecule has 3 amide bonds. The van der Waals surface area contributed by atoms with Gasteiger partial charge in [-0.3, -0.25) is 19.3 Å². The van der Waals surface area contributed by atoms with E-state index in [9.17, 15) is 27.9 Å². The van der Waals surface area contributed by atoms with Crippen LogP contribution in [0.2, 0.25) is 0 Å². The number of rotatable bonds is 12. The Morgan fingerprint density at radius 3 is 2.11 bits per heavy atom. The van der Waals surface area contributed by atoms with E-state index in [1.807, 2.05) is 51.1 Å². The lowest BCUT2D eigenvalue weighted by Crippen LogP contribution is -2.64. The van der Waals surface area contributed by atoms with Gasteiger partial charge in [0.05, 0.1) is 22.9 Å². The second kappa shape index (κ2) is 14.7. The van der Waals surface area contributed by atoms with E-state index in [-0.39, 0.29) is 30.7 Å². The van der Waals surface area contributed by atoms with Gasteiger partial charge in [-0.2, -0.15) is 0 Å². The van der Waals surface area contributed by atoms with Crippen molar-refractivity contribution in [1.29, 1.82) is 0 Å². The van der Waals surface area contributed by atoms with Gasteiger partial charge in [0, 0.05) is 30.8 Å². The third-order valence-corrected chi connectivity index (χ3v) is 12.6. The summed E-state index contributed by atoms with van der Waals surface area (Å²) in [7, 11) is -3.78. The molecule has 1 heterocycles. The zero-order valence-corrected chi connectivity index (χ0v) is 29.4. The number of nitrogens with zero attached hydrogens (tertiary/aromatic N) is 1. The Morgan fingerprint density at radius 1 is 0.913 bits per heavy atom. The molecule has 4 N–H and O–H groups in total. The van der Waals surface area contributed by atoms with Crippen LogP contribution in [0.3, 0.4) is 0 Å². The van der Waals surface area contributed by atoms with Gasteiger partial charge >= 0.3 is 0 Å². The van der Waals surface area contributed by atoms with Crippen molar-refractivity contribution in [2.75, 3.05) is 19.3 Å². The van der Waals surface area contributed by atoms with Gasteiger partial charge in [0.25, 0.3) is 0 Å². The fourth-order valence-electron chi connectivity index (χ4n) is 7.11. The van der Waals surface area contributed by atoms with E-state index in [1.54, 1.807) is 0 Å². The van der Waals surface area contributed by atoms with Gasteiger partial charge in [0.15, 0.2) is 9.84 Å². The van der Waals surface area contributed by atoms with Crippen LogP contribution in [-0.2, 0) is 30.6 Å². The maximum atomic E-state index is 14.0. The van der Waals surface area contributed by atoms with E-state index in [2.05, 4.69) is 20.9 Å². The van der Waals surface area contributed by atoms with Crippen molar-refractivity contribution in [3.63, 3.8) is 0 Å². The van der Waals surface area contributed by atoms with Gasteiger partial charge in [0.1, 0.15) is 6.04 Å². The molecule has 3 fully saturated rings. The molecule has 0 bridgehead atoms. The summed E-state index contributed by atoms with van der Waals surface area (Å²) in [6.45, 7) is 9.63. The van der Waals surface area contributed by atoms with Crippen LogP contribution in [0.1, 0.15) is 91.5 Å². The van der Waals surface area contributed by atoms with Crippen LogP contribution in [0.15, 0.2) is 30.3 Å². The largest absolute Gasteiger partial charge is 0.390 e. The molecule has 46 heavy (non-hydrogen) atoms. The lowest BCUT2D eigenvalue weighted by atomic mass is 9.72. The number of hydrogen-bond acceptors (Lipinski definition) is 7. The molecular formula is C35H56N4O6S. The Morgan fingerprint density at radius 2 is 1.54 bits per heavy atom. The van der Waals surface area contributed by atoms with Gasteiger partial charge < -0.3 is 21.1 Å². The van der Waals surface area contributed by atoms with Crippen molar-refractivity contribution in [1.82, 2.24) is 20.9 Å². The van der Waals surface area contributed by atoms with Crippen molar-refractivity contribution in [2.45, 2.75) is 127 Å². The number of hydrogen-bond donors (Lipinski definition) is 4. The zero-order valence-electron chi connectivity index (χ0n) is 28.6. The van der Waals surface area contributed by atoms with E-state index in [1.165, 1.54) is 20.3 Å². The molecule has 0 radical (unpaired) electrons. The summed E-state index contributed by atoms with van der Waals surface area (Å²) < 4.78 is 24.2. The minimum atomic E-state index is -3.78. The number of piperidine rings is 1. The number of nitrogens with one attached hydrogen (secondary N) is 3. The topological polar surface area (TPSA) is 145 Å². The zero-order chi connectivity index (χ0) is 33.9. The number of carbonyl (C=O) groups is 3. The molecule has 3 aliphatic rings. The first-order valence-electron chi connectivity index (χ1n) is 17.0. The molecule has 1 aromatic carbocycles. The van der Waals surface area contributed by atoms with Gasteiger partial charge in [-0.15, -0.1) is 0 Å². The number of aliphatic hydroxyl groups is 1. The van der Waals surface area contributed by atoms with E-state index >= 15 is 0 Å². The molecular weight excluding hydrogens is 604 g/mol. The van der Waals surface area contributed by atoms with Gasteiger partial charge in [-0.05, 0) is 84.1 Å². The maximum absolute atomic E-state index is 14.0. The third kappa shape index (κ3) is 9.10. The van der Waals surface area contributed by atoms with Crippen LogP contribution in [-0.4, -0.2) is 90.0 Å². The first kappa shape index (κ1) is 36.3. The van der Waals surface area contributed by atoms with Crippen molar-refractivity contribution < 1.29 is 27.9 Å². The molecule has 10 nitrogen and oxygen atoms in total. The first-order chi connectivity index (χ1) is 21.5. The number of amides is 3. The molecule has 11 heteroatoms. The number of sulfone groups is 1. The molecule has 1 saturated heterocycles. The third-order valence-electron chi connectivity index (χ3n) is 10.5. The summed E-state index contributed by atoms with van der Waals surface area (Å²) >= 11 is 0. The summed E-state index contributed by atoms with van der Waals surface area (Å²) in [6, 6.07) is 6.92. The van der Waals surface area contributed by atoms with Crippen LogP contribution in [0, 0.1) is 17.8 Å². The lowest BCUT2D eigenvalue weighted by molar-refractivity contribution is -0.134. The Balaban J connectivity index is 1.60. The highest BCUT2D eigenvalue weighted by molar-refractivity contribution is 7.92. The van der Waals surface area contributed by atoms with Crippen LogP contribution in [0.25, 0.3) is 0 Å². The quantitative estimate of drug-likeness (QED) is 0.270. The Bertz CT molecular complexity index is 1320. The Hall–Kier alpha value is -2.50. The number of aliphatic hydroxyl groups excluding tert-OH is 1. The van der Waals surface area contributed by atoms with Gasteiger partial charge in [-0.1, -0.05) is 56.0 Å². The minimum Gasteiger partial charge on any atom is -0.390 e. The summed E-state index contributed by atoms with van der Waals surface area (Å²) in [5, 5.41) is 20.7. The van der Waals surface area contributed by atoms with Crippen molar-refractivity contribution >= 4 is 27.6 Å². The smallest absolute Gasteiger partial charge is 0.244 e. The molecule has 1 aliphatic heterocycles. The van der Waals surface area contributed by atoms with Crippen molar-refractivity contribution in [3.05, 3.63) is 35.9 Å². The highest BCUT2D eigenvalue weighted by atomic mass is 32.2. The monoisotopic (exact) mass is 660 g/mol.